The van der Waals surface area contributed by atoms with Crippen molar-refractivity contribution in [2.45, 2.75) is 18.2 Å². The van der Waals surface area contributed by atoms with Crippen molar-refractivity contribution in [3.63, 3.8) is 0 Å². The van der Waals surface area contributed by atoms with Crippen LogP contribution >= 0.6 is 0 Å². The second-order valence-corrected chi connectivity index (χ2v) is 8.20. The smallest absolute Gasteiger partial charge is 0.264 e. The molecule has 0 spiro atoms. The Morgan fingerprint density at radius 1 is 1.19 bits per heavy atom. The van der Waals surface area contributed by atoms with Crippen LogP contribution in [-0.4, -0.2) is 41.6 Å². The third-order valence-electron chi connectivity index (χ3n) is 4.50. The standard InChI is InChI=1S/C19H22N2O4S/c1-13-11-14(19(22)20-9-6-10-25-3)12-16-15-7-4-5-8-17(15)26(23,24)21(2)18(13)16/h4-5,7-8,11-12H,6,9-10H2,1-3H3,(H,20,22). The van der Waals surface area contributed by atoms with Gasteiger partial charge in [0.1, 0.15) is 0 Å². The molecule has 2 aromatic rings. The van der Waals surface area contributed by atoms with Crippen molar-refractivity contribution in [3.05, 3.63) is 47.5 Å². The van der Waals surface area contributed by atoms with Crippen LogP contribution in [0.5, 0.6) is 0 Å². The van der Waals surface area contributed by atoms with E-state index in [1.165, 1.54) is 4.31 Å². The molecule has 2 aromatic carbocycles. The van der Waals surface area contributed by atoms with E-state index in [0.29, 0.717) is 30.0 Å². The zero-order chi connectivity index (χ0) is 18.9. The summed E-state index contributed by atoms with van der Waals surface area (Å²) in [4.78, 5) is 12.7. The number of amides is 1. The number of aryl methyl sites for hydroxylation is 1. The van der Waals surface area contributed by atoms with E-state index >= 15 is 0 Å². The number of sulfonamides is 1. The van der Waals surface area contributed by atoms with E-state index in [0.717, 1.165) is 17.5 Å². The van der Waals surface area contributed by atoms with Gasteiger partial charge in [-0.05, 0) is 37.1 Å². The molecule has 0 fully saturated rings. The molecule has 6 nitrogen and oxygen atoms in total. The van der Waals surface area contributed by atoms with E-state index in [1.807, 2.05) is 6.92 Å². The molecule has 0 aliphatic carbocycles. The number of anilines is 1. The quantitative estimate of drug-likeness (QED) is 0.816. The monoisotopic (exact) mass is 374 g/mol. The van der Waals surface area contributed by atoms with Crippen LogP contribution in [0.1, 0.15) is 22.3 Å². The second kappa shape index (κ2) is 7.09. The average molecular weight is 374 g/mol. The van der Waals surface area contributed by atoms with Gasteiger partial charge < -0.3 is 10.1 Å². The summed E-state index contributed by atoms with van der Waals surface area (Å²) >= 11 is 0. The number of nitrogens with one attached hydrogen (secondary N) is 1. The van der Waals surface area contributed by atoms with Crippen molar-refractivity contribution in [1.82, 2.24) is 5.32 Å². The Labute approximate surface area is 153 Å². The van der Waals surface area contributed by atoms with Gasteiger partial charge in [-0.2, -0.15) is 0 Å². The molecule has 0 radical (unpaired) electrons. The molecule has 1 aliphatic rings. The number of hydrogen-bond acceptors (Lipinski definition) is 4. The van der Waals surface area contributed by atoms with Crippen LogP contribution in [-0.2, 0) is 14.8 Å². The minimum absolute atomic E-state index is 0.180. The predicted octanol–water partition coefficient (Wildman–Crippen LogP) is 2.57. The molecule has 138 valence electrons. The number of fused-ring (bicyclic) bond motifs is 3. The Balaban J connectivity index is 2.05. The predicted molar refractivity (Wildman–Crippen MR) is 101 cm³/mol. The first-order valence-electron chi connectivity index (χ1n) is 8.38. The number of carbonyl (C=O) groups is 1. The van der Waals surface area contributed by atoms with E-state index in [-0.39, 0.29) is 10.8 Å². The van der Waals surface area contributed by atoms with Gasteiger partial charge in [0.2, 0.25) is 0 Å². The van der Waals surface area contributed by atoms with Crippen molar-refractivity contribution >= 4 is 21.6 Å². The Bertz CT molecular complexity index is 954. The lowest BCUT2D eigenvalue weighted by molar-refractivity contribution is 0.0948. The van der Waals surface area contributed by atoms with Crippen LogP contribution in [0.25, 0.3) is 11.1 Å². The normalized spacial score (nSPS) is 14.5. The fourth-order valence-electron chi connectivity index (χ4n) is 3.24. The lowest BCUT2D eigenvalue weighted by atomic mass is 9.96. The molecule has 26 heavy (non-hydrogen) atoms. The minimum atomic E-state index is -3.59. The van der Waals surface area contributed by atoms with Gasteiger partial charge in [-0.25, -0.2) is 8.42 Å². The molecular weight excluding hydrogens is 352 g/mol. The van der Waals surface area contributed by atoms with E-state index in [1.54, 1.807) is 50.6 Å². The minimum Gasteiger partial charge on any atom is -0.385 e. The average Bonchev–Trinajstić information content (AvgIpc) is 2.63. The van der Waals surface area contributed by atoms with Crippen LogP contribution < -0.4 is 9.62 Å². The summed E-state index contributed by atoms with van der Waals surface area (Å²) in [5.74, 6) is -0.180. The molecule has 0 aromatic heterocycles. The largest absolute Gasteiger partial charge is 0.385 e. The fourth-order valence-corrected chi connectivity index (χ4v) is 4.72. The maximum atomic E-state index is 12.8. The molecule has 1 aliphatic heterocycles. The molecule has 0 bridgehead atoms. The molecule has 0 saturated carbocycles. The Morgan fingerprint density at radius 2 is 1.92 bits per heavy atom. The Kier molecular flexibility index (Phi) is 5.02. The number of nitrogens with zero attached hydrogens (tertiary/aromatic N) is 1. The molecule has 1 amide bonds. The van der Waals surface area contributed by atoms with Gasteiger partial charge in [0.15, 0.2) is 0 Å². The highest BCUT2D eigenvalue weighted by atomic mass is 32.2. The molecule has 1 N–H and O–H groups in total. The van der Waals surface area contributed by atoms with Gasteiger partial charge in [-0.1, -0.05) is 18.2 Å². The molecule has 0 atom stereocenters. The SMILES string of the molecule is COCCCNC(=O)c1cc(C)c2c(c1)-c1ccccc1S(=O)(=O)N2C. The molecule has 3 rings (SSSR count). The van der Waals surface area contributed by atoms with E-state index in [2.05, 4.69) is 5.32 Å². The highest BCUT2D eigenvalue weighted by Crippen LogP contribution is 2.44. The van der Waals surface area contributed by atoms with E-state index in [4.69, 9.17) is 4.74 Å². The topological polar surface area (TPSA) is 75.7 Å². The second-order valence-electron chi connectivity index (χ2n) is 6.26. The van der Waals surface area contributed by atoms with Crippen molar-refractivity contribution in [2.75, 3.05) is 31.6 Å². The summed E-state index contributed by atoms with van der Waals surface area (Å²) in [6, 6.07) is 10.4. The summed E-state index contributed by atoms with van der Waals surface area (Å²) in [5.41, 5.74) is 3.24. The lowest BCUT2D eigenvalue weighted by Gasteiger charge is -2.31. The van der Waals surface area contributed by atoms with Gasteiger partial charge in [-0.3, -0.25) is 9.10 Å². The van der Waals surface area contributed by atoms with Crippen molar-refractivity contribution < 1.29 is 17.9 Å². The van der Waals surface area contributed by atoms with Gasteiger partial charge in [0.25, 0.3) is 15.9 Å². The summed E-state index contributed by atoms with van der Waals surface area (Å²) in [7, 11) is -0.426. The number of ether oxygens (including phenoxy) is 1. The van der Waals surface area contributed by atoms with E-state index in [9.17, 15) is 13.2 Å². The highest BCUT2D eigenvalue weighted by Gasteiger charge is 2.33. The fraction of sp³-hybridized carbons (Fsp3) is 0.316. The number of benzene rings is 2. The molecule has 0 saturated heterocycles. The number of methoxy groups -OCH3 is 1. The van der Waals surface area contributed by atoms with Gasteiger partial charge in [0, 0.05) is 44.0 Å². The lowest BCUT2D eigenvalue weighted by Crippen LogP contribution is -2.32. The number of rotatable bonds is 5. The highest BCUT2D eigenvalue weighted by molar-refractivity contribution is 7.93. The van der Waals surface area contributed by atoms with Crippen molar-refractivity contribution in [1.29, 1.82) is 0 Å². The summed E-state index contributed by atoms with van der Waals surface area (Å²) in [6.07, 6.45) is 0.732. The zero-order valence-corrected chi connectivity index (χ0v) is 15.9. The van der Waals surface area contributed by atoms with Crippen LogP contribution in [0.2, 0.25) is 0 Å². The first-order valence-corrected chi connectivity index (χ1v) is 9.82. The molecule has 1 heterocycles. The maximum absolute atomic E-state index is 12.8. The summed E-state index contributed by atoms with van der Waals surface area (Å²) in [6.45, 7) is 2.92. The van der Waals surface area contributed by atoms with Gasteiger partial charge in [0.05, 0.1) is 10.6 Å². The number of hydrogen-bond donors (Lipinski definition) is 1. The Morgan fingerprint density at radius 3 is 2.65 bits per heavy atom. The first kappa shape index (κ1) is 18.4. The van der Waals surface area contributed by atoms with Gasteiger partial charge in [-0.15, -0.1) is 0 Å². The molecular formula is C19H22N2O4S. The first-order chi connectivity index (χ1) is 12.4. The zero-order valence-electron chi connectivity index (χ0n) is 15.1. The van der Waals surface area contributed by atoms with Gasteiger partial charge >= 0.3 is 0 Å². The Hall–Kier alpha value is -2.38. The van der Waals surface area contributed by atoms with Crippen molar-refractivity contribution in [3.8, 4) is 11.1 Å². The molecule has 0 unspecified atom stereocenters. The third kappa shape index (κ3) is 3.08. The van der Waals surface area contributed by atoms with Crippen LogP contribution in [0.15, 0.2) is 41.3 Å². The molecule has 7 heteroatoms. The van der Waals surface area contributed by atoms with Crippen molar-refractivity contribution in [2.24, 2.45) is 0 Å². The number of carbonyl (C=O) groups excluding carboxylic acids is 1. The van der Waals surface area contributed by atoms with Crippen LogP contribution in [0.3, 0.4) is 0 Å². The van der Waals surface area contributed by atoms with Crippen LogP contribution in [0, 0.1) is 6.92 Å². The third-order valence-corrected chi connectivity index (χ3v) is 6.32. The summed E-state index contributed by atoms with van der Waals surface area (Å²) in [5, 5.41) is 2.87. The van der Waals surface area contributed by atoms with Crippen LogP contribution in [0.4, 0.5) is 5.69 Å². The van der Waals surface area contributed by atoms with E-state index < -0.39 is 10.0 Å². The summed E-state index contributed by atoms with van der Waals surface area (Å²) < 4.78 is 31.8. The maximum Gasteiger partial charge on any atom is 0.264 e.